The molecule has 0 spiro atoms. The number of amides is 1. The standard InChI is InChI=1S/C20H28N2O4/c1-5-13(2)18(19(23)24)21-20(25)26-16-8-6-7-14-9-10-15(17(14)16)11-12-22(3)4/h6-8,10,13,18H,5,9,11-12H2,1-4H3,(H,21,25)(H,23,24)/t13-,18-/m1/s1. The van der Waals surface area contributed by atoms with E-state index in [1.54, 1.807) is 13.0 Å². The minimum atomic E-state index is -1.30. The Balaban J connectivity index is 2.13. The van der Waals surface area contributed by atoms with Gasteiger partial charge in [0.15, 0.2) is 0 Å². The second kappa shape index (κ2) is 8.85. The van der Waals surface area contributed by atoms with E-state index in [0.717, 1.165) is 30.5 Å². The van der Waals surface area contributed by atoms with Gasteiger partial charge in [0.1, 0.15) is 5.75 Å². The number of aliphatic carboxylic acids is 1. The quantitative estimate of drug-likeness (QED) is 0.704. The van der Waals surface area contributed by atoms with Crippen LogP contribution < -0.4 is 20.1 Å². The van der Waals surface area contributed by atoms with Crippen LogP contribution in [0.3, 0.4) is 0 Å². The fourth-order valence-electron chi connectivity index (χ4n) is 3.07. The lowest BCUT2D eigenvalue weighted by atomic mass is 10.00. The summed E-state index contributed by atoms with van der Waals surface area (Å²) in [5.41, 5.74) is 3.25. The Morgan fingerprint density at radius 3 is 2.69 bits per heavy atom. The van der Waals surface area contributed by atoms with Crippen LogP contribution in [0.2, 0.25) is 0 Å². The molecule has 6 nitrogen and oxygen atoms in total. The minimum absolute atomic E-state index is 0.243. The molecule has 2 N–H and O–H groups in total. The first kappa shape index (κ1) is 20.0. The average Bonchev–Trinajstić information content (AvgIpc) is 3.01. The fourth-order valence-corrected chi connectivity index (χ4v) is 3.07. The lowest BCUT2D eigenvalue weighted by molar-refractivity contribution is -0.857. The molecule has 0 saturated heterocycles. The Labute approximate surface area is 154 Å². The molecule has 1 aromatic rings. The molecule has 0 aliphatic heterocycles. The SMILES string of the molecule is CC[C@@H](C)[C@@H](NC(=O)Oc1cccc2c1C(CC[NH+](C)C)=CC2)C(=O)[O-]. The van der Waals surface area contributed by atoms with Gasteiger partial charge in [-0.1, -0.05) is 38.5 Å². The zero-order valence-electron chi connectivity index (χ0n) is 15.9. The van der Waals surface area contributed by atoms with E-state index in [1.807, 2.05) is 19.1 Å². The van der Waals surface area contributed by atoms with Crippen LogP contribution in [0.15, 0.2) is 24.3 Å². The molecule has 142 valence electrons. The van der Waals surface area contributed by atoms with Gasteiger partial charge in [-0.05, 0) is 29.5 Å². The first-order chi connectivity index (χ1) is 12.3. The van der Waals surface area contributed by atoms with E-state index in [0.29, 0.717) is 12.2 Å². The molecule has 2 atom stereocenters. The maximum absolute atomic E-state index is 12.3. The lowest BCUT2D eigenvalue weighted by Crippen LogP contribution is -3.05. The molecule has 0 radical (unpaired) electrons. The maximum atomic E-state index is 12.3. The molecule has 0 saturated carbocycles. The molecule has 0 aromatic heterocycles. The highest BCUT2D eigenvalue weighted by Crippen LogP contribution is 2.36. The molecule has 0 unspecified atom stereocenters. The van der Waals surface area contributed by atoms with Crippen molar-refractivity contribution in [1.82, 2.24) is 5.32 Å². The molecule has 1 aromatic carbocycles. The molecule has 26 heavy (non-hydrogen) atoms. The Morgan fingerprint density at radius 2 is 2.08 bits per heavy atom. The van der Waals surface area contributed by atoms with Gasteiger partial charge in [-0.3, -0.25) is 0 Å². The zero-order valence-corrected chi connectivity index (χ0v) is 15.9. The van der Waals surface area contributed by atoms with E-state index in [-0.39, 0.29) is 5.92 Å². The van der Waals surface area contributed by atoms with Crippen molar-refractivity contribution in [2.75, 3.05) is 20.6 Å². The van der Waals surface area contributed by atoms with Crippen molar-refractivity contribution in [2.24, 2.45) is 5.92 Å². The Bertz CT molecular complexity index is 697. The summed E-state index contributed by atoms with van der Waals surface area (Å²) in [4.78, 5) is 24.9. The number of carbonyl (C=O) groups excluding carboxylic acids is 2. The number of hydrogen-bond acceptors (Lipinski definition) is 4. The van der Waals surface area contributed by atoms with E-state index >= 15 is 0 Å². The Kier molecular flexibility index (Phi) is 6.80. The van der Waals surface area contributed by atoms with Gasteiger partial charge in [0.05, 0.1) is 32.7 Å². The van der Waals surface area contributed by atoms with Crippen molar-refractivity contribution < 1.29 is 24.3 Å². The predicted octanol–water partition coefficient (Wildman–Crippen LogP) is 0.414. The number of quaternary nitrogens is 1. The number of rotatable bonds is 8. The molecule has 2 rings (SSSR count). The van der Waals surface area contributed by atoms with Gasteiger partial charge in [0, 0.05) is 12.0 Å². The highest BCUT2D eigenvalue weighted by atomic mass is 16.6. The van der Waals surface area contributed by atoms with Gasteiger partial charge in [0.25, 0.3) is 0 Å². The summed E-state index contributed by atoms with van der Waals surface area (Å²) in [6, 6.07) is 4.55. The first-order valence-corrected chi connectivity index (χ1v) is 9.13. The monoisotopic (exact) mass is 360 g/mol. The molecule has 1 aliphatic carbocycles. The highest BCUT2D eigenvalue weighted by molar-refractivity contribution is 5.83. The van der Waals surface area contributed by atoms with Gasteiger partial charge < -0.3 is 24.9 Å². The topological polar surface area (TPSA) is 82.9 Å². The molecule has 1 amide bonds. The van der Waals surface area contributed by atoms with Crippen molar-refractivity contribution in [3.05, 3.63) is 35.4 Å². The number of benzene rings is 1. The molecule has 0 bridgehead atoms. The molecule has 1 aliphatic rings. The third kappa shape index (κ3) is 4.85. The number of allylic oxidation sites excluding steroid dienone is 1. The number of hydrogen-bond donors (Lipinski definition) is 2. The largest absolute Gasteiger partial charge is 0.548 e. The van der Waals surface area contributed by atoms with Crippen LogP contribution in [0.1, 0.15) is 37.8 Å². The van der Waals surface area contributed by atoms with Gasteiger partial charge in [-0.15, -0.1) is 0 Å². The third-order valence-corrected chi connectivity index (χ3v) is 4.84. The van der Waals surface area contributed by atoms with Crippen LogP contribution in [0, 0.1) is 5.92 Å². The first-order valence-electron chi connectivity index (χ1n) is 9.13. The normalized spacial score (nSPS) is 15.2. The summed E-state index contributed by atoms with van der Waals surface area (Å²) < 4.78 is 5.48. The summed E-state index contributed by atoms with van der Waals surface area (Å²) >= 11 is 0. The van der Waals surface area contributed by atoms with Crippen LogP contribution in [0.4, 0.5) is 4.79 Å². The van der Waals surface area contributed by atoms with Gasteiger partial charge in [-0.2, -0.15) is 0 Å². The number of carboxylic acid groups (broad SMARTS) is 1. The molecular formula is C20H28N2O4. The summed E-state index contributed by atoms with van der Waals surface area (Å²) in [7, 11) is 4.20. The van der Waals surface area contributed by atoms with Crippen LogP contribution in [0.5, 0.6) is 5.75 Å². The van der Waals surface area contributed by atoms with Gasteiger partial charge >= 0.3 is 6.09 Å². The summed E-state index contributed by atoms with van der Waals surface area (Å²) in [5.74, 6) is -1.07. The maximum Gasteiger partial charge on any atom is 0.413 e. The Hall–Kier alpha value is -2.34. The van der Waals surface area contributed by atoms with Gasteiger partial charge in [-0.25, -0.2) is 4.79 Å². The summed E-state index contributed by atoms with van der Waals surface area (Å²) in [6.45, 7) is 4.60. The van der Waals surface area contributed by atoms with Crippen molar-refractivity contribution in [2.45, 2.75) is 39.2 Å². The van der Waals surface area contributed by atoms with E-state index < -0.39 is 18.1 Å². The third-order valence-electron chi connectivity index (χ3n) is 4.84. The number of ether oxygens (including phenoxy) is 1. The van der Waals surface area contributed by atoms with Crippen molar-refractivity contribution in [3.63, 3.8) is 0 Å². The molecule has 0 heterocycles. The smallest absolute Gasteiger partial charge is 0.413 e. The minimum Gasteiger partial charge on any atom is -0.548 e. The van der Waals surface area contributed by atoms with Crippen molar-refractivity contribution in [1.29, 1.82) is 0 Å². The molecular weight excluding hydrogens is 332 g/mol. The second-order valence-electron chi connectivity index (χ2n) is 7.15. The van der Waals surface area contributed by atoms with E-state index in [4.69, 9.17) is 4.74 Å². The van der Waals surface area contributed by atoms with E-state index in [2.05, 4.69) is 25.5 Å². The summed E-state index contributed by atoms with van der Waals surface area (Å²) in [5, 5.41) is 13.7. The van der Waals surface area contributed by atoms with Crippen molar-refractivity contribution in [3.8, 4) is 5.75 Å². The second-order valence-corrected chi connectivity index (χ2v) is 7.15. The zero-order chi connectivity index (χ0) is 19.3. The average molecular weight is 360 g/mol. The van der Waals surface area contributed by atoms with Crippen LogP contribution in [0.25, 0.3) is 5.57 Å². The van der Waals surface area contributed by atoms with Crippen LogP contribution >= 0.6 is 0 Å². The number of carboxylic acids is 1. The van der Waals surface area contributed by atoms with Gasteiger partial charge in [0.2, 0.25) is 0 Å². The fraction of sp³-hybridized carbons (Fsp3) is 0.500. The summed E-state index contributed by atoms with van der Waals surface area (Å²) in [6.07, 6.45) is 3.73. The van der Waals surface area contributed by atoms with Crippen molar-refractivity contribution >= 4 is 17.6 Å². The van der Waals surface area contributed by atoms with E-state index in [1.165, 1.54) is 10.5 Å². The number of nitrogens with one attached hydrogen (secondary N) is 2. The lowest BCUT2D eigenvalue weighted by Gasteiger charge is -2.25. The number of fused-ring (bicyclic) bond motifs is 1. The highest BCUT2D eigenvalue weighted by Gasteiger charge is 2.24. The number of carbonyl (C=O) groups is 2. The predicted molar refractivity (Wildman–Crippen MR) is 97.8 cm³/mol. The molecule has 6 heteroatoms. The van der Waals surface area contributed by atoms with Crippen LogP contribution in [-0.2, 0) is 11.2 Å². The Morgan fingerprint density at radius 1 is 1.35 bits per heavy atom. The van der Waals surface area contributed by atoms with Crippen LogP contribution in [-0.4, -0.2) is 38.7 Å². The molecule has 0 fully saturated rings. The van der Waals surface area contributed by atoms with E-state index in [9.17, 15) is 14.7 Å².